The van der Waals surface area contributed by atoms with E-state index in [-0.39, 0.29) is 0 Å². The molecule has 5 rings (SSSR count). The molecule has 4 aliphatic carbocycles. The first-order valence-corrected chi connectivity index (χ1v) is 8.67. The number of nitrogens with zero attached hydrogens (tertiary/aromatic N) is 1. The van der Waals surface area contributed by atoms with Crippen molar-refractivity contribution < 1.29 is 0 Å². The summed E-state index contributed by atoms with van der Waals surface area (Å²) >= 11 is 0. The lowest BCUT2D eigenvalue weighted by Gasteiger charge is -2.55. The summed E-state index contributed by atoms with van der Waals surface area (Å²) in [5, 5.41) is 3.51. The Morgan fingerprint density at radius 2 is 1.63 bits per heavy atom. The first-order valence-electron chi connectivity index (χ1n) is 8.67. The van der Waals surface area contributed by atoms with Gasteiger partial charge in [0.1, 0.15) is 0 Å². The highest BCUT2D eigenvalue weighted by molar-refractivity contribution is 4.98. The molecule has 4 bridgehead atoms. The molecule has 2 heteroatoms. The van der Waals surface area contributed by atoms with Gasteiger partial charge >= 0.3 is 0 Å². The fourth-order valence-electron chi connectivity index (χ4n) is 6.08. The normalized spacial score (nSPS) is 48.3. The predicted octanol–water partition coefficient (Wildman–Crippen LogP) is 2.60. The molecule has 19 heavy (non-hydrogen) atoms. The van der Waals surface area contributed by atoms with Gasteiger partial charge in [0.2, 0.25) is 0 Å². The van der Waals surface area contributed by atoms with Crippen LogP contribution in [-0.4, -0.2) is 38.1 Å². The summed E-state index contributed by atoms with van der Waals surface area (Å²) in [6, 6.07) is 0. The first-order chi connectivity index (χ1) is 9.28. The van der Waals surface area contributed by atoms with Gasteiger partial charge < -0.3 is 10.2 Å². The van der Waals surface area contributed by atoms with E-state index in [0.29, 0.717) is 0 Å². The number of hydrogen-bond acceptors (Lipinski definition) is 2. The molecule has 1 unspecified atom stereocenters. The Kier molecular flexibility index (Phi) is 3.35. The van der Waals surface area contributed by atoms with E-state index in [2.05, 4.69) is 17.3 Å². The molecule has 108 valence electrons. The summed E-state index contributed by atoms with van der Waals surface area (Å²) in [5.41, 5.74) is 0. The van der Waals surface area contributed by atoms with Crippen LogP contribution in [0.2, 0.25) is 0 Å². The van der Waals surface area contributed by atoms with Gasteiger partial charge in [0.15, 0.2) is 0 Å². The topological polar surface area (TPSA) is 15.3 Å². The van der Waals surface area contributed by atoms with Crippen molar-refractivity contribution in [1.82, 2.24) is 10.2 Å². The monoisotopic (exact) mass is 262 g/mol. The van der Waals surface area contributed by atoms with Gasteiger partial charge in [-0.05, 0) is 94.2 Å². The van der Waals surface area contributed by atoms with Gasteiger partial charge in [-0.25, -0.2) is 0 Å². The van der Waals surface area contributed by atoms with Crippen molar-refractivity contribution in [2.24, 2.45) is 35.5 Å². The zero-order valence-electron chi connectivity index (χ0n) is 12.5. The molecule has 0 aromatic rings. The lowest BCUT2D eigenvalue weighted by atomic mass is 9.52. The molecular weight excluding hydrogens is 232 g/mol. The van der Waals surface area contributed by atoms with Crippen molar-refractivity contribution in [2.75, 3.05) is 33.2 Å². The minimum Gasteiger partial charge on any atom is -0.316 e. The van der Waals surface area contributed by atoms with Crippen LogP contribution in [0.1, 0.15) is 38.5 Å². The molecule has 0 amide bonds. The molecule has 4 saturated carbocycles. The van der Waals surface area contributed by atoms with E-state index in [9.17, 15) is 0 Å². The molecule has 2 nitrogen and oxygen atoms in total. The summed E-state index contributed by atoms with van der Waals surface area (Å²) in [6.07, 6.45) is 9.30. The Hall–Kier alpha value is -0.0800. The second kappa shape index (κ2) is 5.04. The summed E-state index contributed by atoms with van der Waals surface area (Å²) in [6.45, 7) is 5.23. The molecule has 1 aliphatic heterocycles. The smallest absolute Gasteiger partial charge is 0.00193 e. The quantitative estimate of drug-likeness (QED) is 0.838. The van der Waals surface area contributed by atoms with Crippen LogP contribution >= 0.6 is 0 Å². The third-order valence-corrected chi connectivity index (χ3v) is 6.68. The molecule has 1 N–H and O–H groups in total. The molecule has 5 aliphatic rings. The van der Waals surface area contributed by atoms with Crippen LogP contribution in [0.15, 0.2) is 0 Å². The molecule has 1 atom stereocenters. The highest BCUT2D eigenvalue weighted by Crippen LogP contribution is 2.56. The van der Waals surface area contributed by atoms with E-state index < -0.39 is 0 Å². The largest absolute Gasteiger partial charge is 0.316 e. The first kappa shape index (κ1) is 12.6. The summed E-state index contributed by atoms with van der Waals surface area (Å²) in [5.74, 6) is 6.42. The molecule has 1 saturated heterocycles. The van der Waals surface area contributed by atoms with Gasteiger partial charge in [-0.2, -0.15) is 0 Å². The standard InChI is InChI=1S/C17H30N2/c1-19(10-12-2-3-18-9-12)11-17-15-5-13-4-14(7-15)8-16(17)6-13/h12-18H,2-11H2,1H3. The van der Waals surface area contributed by atoms with E-state index in [1.54, 1.807) is 32.1 Å². The second-order valence-electron chi connectivity index (χ2n) is 8.17. The van der Waals surface area contributed by atoms with Crippen LogP contribution < -0.4 is 5.32 Å². The van der Waals surface area contributed by atoms with Crippen molar-refractivity contribution in [3.05, 3.63) is 0 Å². The lowest BCUT2D eigenvalue weighted by molar-refractivity contribution is -0.0475. The Morgan fingerprint density at radius 3 is 2.21 bits per heavy atom. The lowest BCUT2D eigenvalue weighted by Crippen LogP contribution is -2.49. The Labute approximate surface area is 118 Å². The van der Waals surface area contributed by atoms with Crippen molar-refractivity contribution in [3.63, 3.8) is 0 Å². The van der Waals surface area contributed by atoms with Gasteiger partial charge in [-0.3, -0.25) is 0 Å². The minimum atomic E-state index is 0.918. The Balaban J connectivity index is 1.34. The average molecular weight is 262 g/mol. The van der Waals surface area contributed by atoms with Gasteiger partial charge in [0.25, 0.3) is 0 Å². The van der Waals surface area contributed by atoms with E-state index in [1.165, 1.54) is 32.6 Å². The highest BCUT2D eigenvalue weighted by atomic mass is 15.1. The molecule has 1 heterocycles. The van der Waals surface area contributed by atoms with E-state index >= 15 is 0 Å². The van der Waals surface area contributed by atoms with E-state index in [1.807, 2.05) is 0 Å². The fraction of sp³-hybridized carbons (Fsp3) is 1.00. The Morgan fingerprint density at radius 1 is 0.947 bits per heavy atom. The summed E-state index contributed by atoms with van der Waals surface area (Å²) in [4.78, 5) is 2.67. The third kappa shape index (κ3) is 2.47. The average Bonchev–Trinajstić information content (AvgIpc) is 2.85. The van der Waals surface area contributed by atoms with Gasteiger partial charge in [-0.15, -0.1) is 0 Å². The van der Waals surface area contributed by atoms with Crippen LogP contribution in [0.3, 0.4) is 0 Å². The highest BCUT2D eigenvalue weighted by Gasteiger charge is 2.48. The zero-order valence-corrected chi connectivity index (χ0v) is 12.5. The third-order valence-electron chi connectivity index (χ3n) is 6.68. The second-order valence-corrected chi connectivity index (χ2v) is 8.17. The van der Waals surface area contributed by atoms with Crippen LogP contribution in [0, 0.1) is 35.5 Å². The number of nitrogens with one attached hydrogen (secondary N) is 1. The molecule has 0 aromatic heterocycles. The van der Waals surface area contributed by atoms with Crippen molar-refractivity contribution in [2.45, 2.75) is 38.5 Å². The van der Waals surface area contributed by atoms with Gasteiger partial charge in [0.05, 0.1) is 0 Å². The van der Waals surface area contributed by atoms with Gasteiger partial charge in [0, 0.05) is 13.1 Å². The predicted molar refractivity (Wildman–Crippen MR) is 79.0 cm³/mol. The van der Waals surface area contributed by atoms with Crippen LogP contribution in [0.4, 0.5) is 0 Å². The van der Waals surface area contributed by atoms with Crippen LogP contribution in [0.25, 0.3) is 0 Å². The molecule has 0 aromatic carbocycles. The van der Waals surface area contributed by atoms with E-state index in [4.69, 9.17) is 0 Å². The van der Waals surface area contributed by atoms with Crippen molar-refractivity contribution in [1.29, 1.82) is 0 Å². The van der Waals surface area contributed by atoms with Crippen LogP contribution in [-0.2, 0) is 0 Å². The summed E-state index contributed by atoms with van der Waals surface area (Å²) < 4.78 is 0. The molecule has 0 radical (unpaired) electrons. The number of hydrogen-bond donors (Lipinski definition) is 1. The maximum absolute atomic E-state index is 3.51. The van der Waals surface area contributed by atoms with E-state index in [0.717, 1.165) is 35.5 Å². The molecule has 5 fully saturated rings. The van der Waals surface area contributed by atoms with Crippen molar-refractivity contribution in [3.8, 4) is 0 Å². The molecular formula is C17H30N2. The van der Waals surface area contributed by atoms with Gasteiger partial charge in [-0.1, -0.05) is 0 Å². The number of rotatable bonds is 4. The summed E-state index contributed by atoms with van der Waals surface area (Å²) in [7, 11) is 2.38. The zero-order chi connectivity index (χ0) is 12.8. The molecule has 0 spiro atoms. The maximum Gasteiger partial charge on any atom is 0.00193 e. The fourth-order valence-corrected chi connectivity index (χ4v) is 6.08. The SMILES string of the molecule is CN(CC1CCNC1)CC1C2CC3CC(C2)CC1C3. The minimum absolute atomic E-state index is 0.918. The van der Waals surface area contributed by atoms with Crippen molar-refractivity contribution >= 4 is 0 Å². The Bertz CT molecular complexity index is 293. The maximum atomic E-state index is 3.51. The van der Waals surface area contributed by atoms with Crippen LogP contribution in [0.5, 0.6) is 0 Å².